The first-order valence-electron chi connectivity index (χ1n) is 7.52. The maximum atomic E-state index is 12.5. The predicted molar refractivity (Wildman–Crippen MR) is 82.6 cm³/mol. The van der Waals surface area contributed by atoms with E-state index in [1.54, 1.807) is 0 Å². The molecule has 1 aliphatic heterocycles. The molecule has 5 heteroatoms. The minimum atomic E-state index is 0.00444. The number of carbonyl (C=O) groups is 1. The van der Waals surface area contributed by atoms with Gasteiger partial charge in [0.25, 0.3) is 0 Å². The Morgan fingerprint density at radius 3 is 2.76 bits per heavy atom. The molecule has 0 bridgehead atoms. The number of amides is 2. The molecular formula is C16H21ClN2O2. The van der Waals surface area contributed by atoms with E-state index in [2.05, 4.69) is 5.32 Å². The molecule has 1 aromatic rings. The first-order chi connectivity index (χ1) is 10.0. The highest BCUT2D eigenvalue weighted by Gasteiger charge is 2.29. The van der Waals surface area contributed by atoms with Crippen molar-refractivity contribution in [2.45, 2.75) is 44.9 Å². The number of ether oxygens (including phenoxy) is 1. The Labute approximate surface area is 130 Å². The molecule has 4 nitrogen and oxygen atoms in total. The molecule has 1 saturated heterocycles. The average molecular weight is 309 g/mol. The van der Waals surface area contributed by atoms with Crippen LogP contribution in [-0.4, -0.2) is 36.2 Å². The van der Waals surface area contributed by atoms with Crippen LogP contribution in [-0.2, 0) is 11.2 Å². The smallest absolute Gasteiger partial charge is 0.318 e. The van der Waals surface area contributed by atoms with Crippen LogP contribution in [0.2, 0.25) is 5.02 Å². The van der Waals surface area contributed by atoms with Crippen molar-refractivity contribution >= 4 is 17.6 Å². The summed E-state index contributed by atoms with van der Waals surface area (Å²) in [5, 5.41) is 3.91. The van der Waals surface area contributed by atoms with E-state index in [0.29, 0.717) is 13.1 Å². The summed E-state index contributed by atoms with van der Waals surface area (Å²) in [5.41, 5.74) is 2.44. The second kappa shape index (κ2) is 5.85. The summed E-state index contributed by atoms with van der Waals surface area (Å²) in [4.78, 5) is 14.3. The Balaban J connectivity index is 1.67. The van der Waals surface area contributed by atoms with E-state index in [-0.39, 0.29) is 24.3 Å². The van der Waals surface area contributed by atoms with Crippen molar-refractivity contribution in [2.24, 2.45) is 0 Å². The molecule has 0 aromatic heterocycles. The molecule has 3 unspecified atom stereocenters. The molecule has 0 radical (unpaired) electrons. The Morgan fingerprint density at radius 2 is 2.05 bits per heavy atom. The van der Waals surface area contributed by atoms with Crippen molar-refractivity contribution in [3.8, 4) is 0 Å². The van der Waals surface area contributed by atoms with Crippen LogP contribution >= 0.6 is 11.6 Å². The fourth-order valence-electron chi connectivity index (χ4n) is 3.32. The van der Waals surface area contributed by atoms with E-state index < -0.39 is 0 Å². The highest BCUT2D eigenvalue weighted by molar-refractivity contribution is 6.30. The third-order valence-corrected chi connectivity index (χ3v) is 4.42. The van der Waals surface area contributed by atoms with Gasteiger partial charge in [-0.1, -0.05) is 17.7 Å². The molecule has 1 fully saturated rings. The number of hydrogen-bond donors (Lipinski definition) is 1. The van der Waals surface area contributed by atoms with Gasteiger partial charge in [-0.3, -0.25) is 0 Å². The molecule has 1 N–H and O–H groups in total. The molecule has 1 aromatic carbocycles. The van der Waals surface area contributed by atoms with Crippen LogP contribution in [0, 0.1) is 0 Å². The van der Waals surface area contributed by atoms with Crippen LogP contribution in [0.15, 0.2) is 18.2 Å². The number of nitrogens with one attached hydrogen (secondary N) is 1. The van der Waals surface area contributed by atoms with Crippen LogP contribution in [0.25, 0.3) is 0 Å². The number of urea groups is 1. The van der Waals surface area contributed by atoms with E-state index >= 15 is 0 Å². The van der Waals surface area contributed by atoms with Crippen molar-refractivity contribution in [1.29, 1.82) is 0 Å². The third-order valence-electron chi connectivity index (χ3n) is 4.19. The predicted octanol–water partition coefficient (Wildman–Crippen LogP) is 3.15. The van der Waals surface area contributed by atoms with E-state index in [0.717, 1.165) is 17.9 Å². The maximum Gasteiger partial charge on any atom is 0.318 e. The first-order valence-corrected chi connectivity index (χ1v) is 7.90. The van der Waals surface area contributed by atoms with E-state index in [4.69, 9.17) is 16.3 Å². The number of aryl methyl sites for hydroxylation is 1. The van der Waals surface area contributed by atoms with Crippen molar-refractivity contribution < 1.29 is 9.53 Å². The Morgan fingerprint density at radius 1 is 1.33 bits per heavy atom. The van der Waals surface area contributed by atoms with Gasteiger partial charge in [-0.05, 0) is 49.9 Å². The summed E-state index contributed by atoms with van der Waals surface area (Å²) in [7, 11) is 0. The Hall–Kier alpha value is -1.26. The lowest BCUT2D eigenvalue weighted by atomic mass is 10.1. The fourth-order valence-corrected chi connectivity index (χ4v) is 3.51. The van der Waals surface area contributed by atoms with Crippen molar-refractivity contribution in [3.05, 3.63) is 34.3 Å². The first kappa shape index (κ1) is 14.7. The number of benzene rings is 1. The summed E-state index contributed by atoms with van der Waals surface area (Å²) in [5.74, 6) is 0. The van der Waals surface area contributed by atoms with Crippen LogP contribution in [0.5, 0.6) is 0 Å². The minimum absolute atomic E-state index is 0.00444. The minimum Gasteiger partial charge on any atom is -0.372 e. The molecule has 3 rings (SSSR count). The van der Waals surface area contributed by atoms with Crippen LogP contribution in [0.4, 0.5) is 4.79 Å². The largest absolute Gasteiger partial charge is 0.372 e. The maximum absolute atomic E-state index is 12.5. The zero-order valence-corrected chi connectivity index (χ0v) is 13.2. The topological polar surface area (TPSA) is 41.6 Å². The number of morpholine rings is 1. The second-order valence-corrected chi connectivity index (χ2v) is 6.48. The SMILES string of the molecule is CC1CN(C(=O)NC2CCc3cc(Cl)ccc32)CC(C)O1. The molecular weight excluding hydrogens is 288 g/mol. The number of carbonyl (C=O) groups excluding carboxylic acids is 1. The lowest BCUT2D eigenvalue weighted by Crippen LogP contribution is -2.52. The lowest BCUT2D eigenvalue weighted by Gasteiger charge is -2.36. The molecule has 1 aliphatic carbocycles. The summed E-state index contributed by atoms with van der Waals surface area (Å²) >= 11 is 6.02. The number of fused-ring (bicyclic) bond motifs is 1. The fraction of sp³-hybridized carbons (Fsp3) is 0.562. The monoisotopic (exact) mass is 308 g/mol. The van der Waals surface area contributed by atoms with Gasteiger partial charge < -0.3 is 15.0 Å². The van der Waals surface area contributed by atoms with Gasteiger partial charge in [0.2, 0.25) is 0 Å². The summed E-state index contributed by atoms with van der Waals surface area (Å²) in [6.07, 6.45) is 2.09. The van der Waals surface area contributed by atoms with E-state index in [1.165, 1.54) is 11.1 Å². The number of hydrogen-bond acceptors (Lipinski definition) is 2. The molecule has 21 heavy (non-hydrogen) atoms. The summed E-state index contributed by atoms with van der Waals surface area (Å²) < 4.78 is 5.67. The highest BCUT2D eigenvalue weighted by Crippen LogP contribution is 2.33. The summed E-state index contributed by atoms with van der Waals surface area (Å²) in [6, 6.07) is 6.02. The van der Waals surface area contributed by atoms with Crippen LogP contribution in [0.1, 0.15) is 37.4 Å². The van der Waals surface area contributed by atoms with Gasteiger partial charge >= 0.3 is 6.03 Å². The molecule has 114 valence electrons. The lowest BCUT2D eigenvalue weighted by molar-refractivity contribution is -0.0547. The Kier molecular flexibility index (Phi) is 4.09. The van der Waals surface area contributed by atoms with Crippen LogP contribution < -0.4 is 5.32 Å². The highest BCUT2D eigenvalue weighted by atomic mass is 35.5. The zero-order chi connectivity index (χ0) is 15.0. The van der Waals surface area contributed by atoms with Crippen molar-refractivity contribution in [2.75, 3.05) is 13.1 Å². The number of rotatable bonds is 1. The average Bonchev–Trinajstić information content (AvgIpc) is 2.80. The van der Waals surface area contributed by atoms with Gasteiger partial charge in [-0.2, -0.15) is 0 Å². The van der Waals surface area contributed by atoms with Gasteiger partial charge in [0, 0.05) is 18.1 Å². The van der Waals surface area contributed by atoms with Gasteiger partial charge in [0.05, 0.1) is 18.2 Å². The van der Waals surface area contributed by atoms with Gasteiger partial charge in [0.15, 0.2) is 0 Å². The van der Waals surface area contributed by atoms with E-state index in [1.807, 2.05) is 36.9 Å². The van der Waals surface area contributed by atoms with Crippen LogP contribution in [0.3, 0.4) is 0 Å². The number of nitrogens with zero attached hydrogens (tertiary/aromatic N) is 1. The van der Waals surface area contributed by atoms with Gasteiger partial charge in [-0.15, -0.1) is 0 Å². The zero-order valence-electron chi connectivity index (χ0n) is 12.4. The van der Waals surface area contributed by atoms with E-state index in [9.17, 15) is 4.79 Å². The van der Waals surface area contributed by atoms with Crippen molar-refractivity contribution in [1.82, 2.24) is 10.2 Å². The third kappa shape index (κ3) is 3.16. The standard InChI is InChI=1S/C16H21ClN2O2/c1-10-8-19(9-11(2)21-10)16(20)18-15-6-3-12-7-13(17)4-5-14(12)15/h4-5,7,10-11,15H,3,6,8-9H2,1-2H3,(H,18,20). The molecule has 2 amide bonds. The normalized spacial score (nSPS) is 28.3. The molecule has 2 aliphatic rings. The van der Waals surface area contributed by atoms with Gasteiger partial charge in [0.1, 0.15) is 0 Å². The summed E-state index contributed by atoms with van der Waals surface area (Å²) in [6.45, 7) is 5.30. The second-order valence-electron chi connectivity index (χ2n) is 6.05. The molecule has 3 atom stereocenters. The number of halogens is 1. The quantitative estimate of drug-likeness (QED) is 0.866. The van der Waals surface area contributed by atoms with Gasteiger partial charge in [-0.25, -0.2) is 4.79 Å². The molecule has 0 spiro atoms. The molecule has 1 heterocycles. The van der Waals surface area contributed by atoms with Crippen molar-refractivity contribution in [3.63, 3.8) is 0 Å². The Bertz CT molecular complexity index is 539. The molecule has 0 saturated carbocycles.